The van der Waals surface area contributed by atoms with Gasteiger partial charge in [-0.25, -0.2) is 9.18 Å². The SMILES string of the molecule is CC(Nc1ccc(Cl)cc1F)c1ccc(NC(N)=O)cc1. The van der Waals surface area contributed by atoms with Crippen molar-refractivity contribution in [3.63, 3.8) is 0 Å². The van der Waals surface area contributed by atoms with Crippen molar-refractivity contribution in [3.8, 4) is 0 Å². The van der Waals surface area contributed by atoms with E-state index in [1.165, 1.54) is 6.07 Å². The van der Waals surface area contributed by atoms with Gasteiger partial charge in [-0.3, -0.25) is 0 Å². The third-order valence-electron chi connectivity index (χ3n) is 2.98. The Morgan fingerprint density at radius 3 is 2.48 bits per heavy atom. The maximum atomic E-state index is 13.7. The predicted octanol–water partition coefficient (Wildman–Crippen LogP) is 4.14. The number of nitrogens with two attached hydrogens (primary N) is 1. The van der Waals surface area contributed by atoms with Gasteiger partial charge < -0.3 is 16.4 Å². The van der Waals surface area contributed by atoms with Gasteiger partial charge in [0.1, 0.15) is 5.82 Å². The highest BCUT2D eigenvalue weighted by atomic mass is 35.5. The largest absolute Gasteiger partial charge is 0.376 e. The van der Waals surface area contributed by atoms with Gasteiger partial charge in [-0.2, -0.15) is 0 Å². The number of nitrogens with one attached hydrogen (secondary N) is 2. The Bertz CT molecular complexity index is 646. The van der Waals surface area contributed by atoms with Crippen molar-refractivity contribution < 1.29 is 9.18 Å². The monoisotopic (exact) mass is 307 g/mol. The average molecular weight is 308 g/mol. The zero-order valence-electron chi connectivity index (χ0n) is 11.4. The number of anilines is 2. The van der Waals surface area contributed by atoms with E-state index < -0.39 is 11.8 Å². The number of urea groups is 1. The molecule has 0 aliphatic rings. The zero-order valence-corrected chi connectivity index (χ0v) is 12.1. The first-order chi connectivity index (χ1) is 9.95. The molecule has 6 heteroatoms. The van der Waals surface area contributed by atoms with Gasteiger partial charge in [-0.15, -0.1) is 0 Å². The quantitative estimate of drug-likeness (QED) is 0.794. The molecule has 0 aliphatic heterocycles. The first-order valence-corrected chi connectivity index (χ1v) is 6.71. The normalized spacial score (nSPS) is 11.8. The summed E-state index contributed by atoms with van der Waals surface area (Å²) in [4.78, 5) is 10.7. The van der Waals surface area contributed by atoms with Gasteiger partial charge in [0, 0.05) is 16.8 Å². The molecule has 0 bridgehead atoms. The van der Waals surface area contributed by atoms with Crippen LogP contribution in [0.1, 0.15) is 18.5 Å². The van der Waals surface area contributed by atoms with Crippen molar-refractivity contribution in [1.82, 2.24) is 0 Å². The second-order valence-electron chi connectivity index (χ2n) is 4.60. The highest BCUT2D eigenvalue weighted by Crippen LogP contribution is 2.24. The van der Waals surface area contributed by atoms with E-state index in [4.69, 9.17) is 17.3 Å². The number of rotatable bonds is 4. The molecule has 0 saturated heterocycles. The van der Waals surface area contributed by atoms with E-state index in [9.17, 15) is 9.18 Å². The first kappa shape index (κ1) is 15.1. The van der Waals surface area contributed by atoms with E-state index in [0.29, 0.717) is 16.4 Å². The first-order valence-electron chi connectivity index (χ1n) is 6.33. The lowest BCUT2D eigenvalue weighted by atomic mass is 10.1. The summed E-state index contributed by atoms with van der Waals surface area (Å²) in [5.41, 5.74) is 6.97. The summed E-state index contributed by atoms with van der Waals surface area (Å²) in [6.07, 6.45) is 0. The molecular formula is C15H15ClFN3O. The Hall–Kier alpha value is -2.27. The lowest BCUT2D eigenvalue weighted by Gasteiger charge is -2.17. The van der Waals surface area contributed by atoms with Crippen LogP contribution in [0.4, 0.5) is 20.6 Å². The standard InChI is InChI=1S/C15H15ClFN3O/c1-9(19-14-7-4-11(16)8-13(14)17)10-2-5-12(6-3-10)20-15(18)21/h2-9,19H,1H3,(H3,18,20,21). The van der Waals surface area contributed by atoms with Gasteiger partial charge in [0.15, 0.2) is 0 Å². The van der Waals surface area contributed by atoms with Crippen LogP contribution in [0.2, 0.25) is 5.02 Å². The van der Waals surface area contributed by atoms with Crippen LogP contribution >= 0.6 is 11.6 Å². The molecule has 2 aromatic carbocycles. The maximum absolute atomic E-state index is 13.7. The predicted molar refractivity (Wildman–Crippen MR) is 83.1 cm³/mol. The number of halogens is 2. The van der Waals surface area contributed by atoms with Crippen LogP contribution in [0, 0.1) is 5.82 Å². The Morgan fingerprint density at radius 1 is 1.24 bits per heavy atom. The molecule has 0 aromatic heterocycles. The second kappa shape index (κ2) is 6.45. The van der Waals surface area contributed by atoms with E-state index in [2.05, 4.69) is 10.6 Å². The fourth-order valence-corrected chi connectivity index (χ4v) is 2.08. The molecule has 0 saturated carbocycles. The summed E-state index contributed by atoms with van der Waals surface area (Å²) < 4.78 is 13.7. The van der Waals surface area contributed by atoms with Gasteiger partial charge in [-0.05, 0) is 42.8 Å². The molecule has 0 heterocycles. The van der Waals surface area contributed by atoms with Gasteiger partial charge in [0.25, 0.3) is 0 Å². The lowest BCUT2D eigenvalue weighted by Crippen LogP contribution is -2.19. The maximum Gasteiger partial charge on any atom is 0.316 e. The topological polar surface area (TPSA) is 67.2 Å². The third-order valence-corrected chi connectivity index (χ3v) is 3.22. The number of hydrogen-bond donors (Lipinski definition) is 3. The molecule has 1 unspecified atom stereocenters. The van der Waals surface area contributed by atoms with Crippen LogP contribution in [-0.2, 0) is 0 Å². The van der Waals surface area contributed by atoms with Gasteiger partial charge in [0.05, 0.1) is 5.69 Å². The molecule has 4 N–H and O–H groups in total. The molecule has 1 atom stereocenters. The van der Waals surface area contributed by atoms with Gasteiger partial charge >= 0.3 is 6.03 Å². The summed E-state index contributed by atoms with van der Waals surface area (Å²) >= 11 is 5.72. The van der Waals surface area contributed by atoms with E-state index in [0.717, 1.165) is 5.56 Å². The minimum Gasteiger partial charge on any atom is -0.376 e. The fourth-order valence-electron chi connectivity index (χ4n) is 1.92. The molecule has 0 fully saturated rings. The molecular weight excluding hydrogens is 293 g/mol. The summed E-state index contributed by atoms with van der Waals surface area (Å²) in [6.45, 7) is 1.91. The second-order valence-corrected chi connectivity index (χ2v) is 5.04. The number of primary amides is 1. The molecule has 110 valence electrons. The number of carbonyl (C=O) groups is 1. The molecule has 0 aliphatic carbocycles. The molecule has 2 amide bonds. The van der Waals surface area contributed by atoms with Crippen molar-refractivity contribution in [2.45, 2.75) is 13.0 Å². The molecule has 2 rings (SSSR count). The Labute approximate surface area is 127 Å². The van der Waals surface area contributed by atoms with E-state index in [1.807, 2.05) is 19.1 Å². The van der Waals surface area contributed by atoms with Crippen molar-refractivity contribution in [1.29, 1.82) is 0 Å². The molecule has 0 spiro atoms. The summed E-state index contributed by atoms with van der Waals surface area (Å²) in [7, 11) is 0. The summed E-state index contributed by atoms with van der Waals surface area (Å²) in [6, 6.07) is 10.9. The van der Waals surface area contributed by atoms with Gasteiger partial charge in [0.2, 0.25) is 0 Å². The third kappa shape index (κ3) is 4.10. The highest BCUT2D eigenvalue weighted by molar-refractivity contribution is 6.30. The van der Waals surface area contributed by atoms with Crippen molar-refractivity contribution in [2.75, 3.05) is 10.6 Å². The Morgan fingerprint density at radius 2 is 1.90 bits per heavy atom. The van der Waals surface area contributed by atoms with Crippen LogP contribution in [0.15, 0.2) is 42.5 Å². The van der Waals surface area contributed by atoms with Crippen molar-refractivity contribution in [2.24, 2.45) is 5.73 Å². The van der Waals surface area contributed by atoms with E-state index in [-0.39, 0.29) is 6.04 Å². The van der Waals surface area contributed by atoms with Crippen LogP contribution in [-0.4, -0.2) is 6.03 Å². The van der Waals surface area contributed by atoms with Crippen LogP contribution < -0.4 is 16.4 Å². The summed E-state index contributed by atoms with van der Waals surface area (Å²) in [5, 5.41) is 5.90. The van der Waals surface area contributed by atoms with E-state index in [1.54, 1.807) is 24.3 Å². The number of amides is 2. The van der Waals surface area contributed by atoms with E-state index >= 15 is 0 Å². The molecule has 0 radical (unpaired) electrons. The highest BCUT2D eigenvalue weighted by Gasteiger charge is 2.09. The molecule has 2 aromatic rings. The average Bonchev–Trinajstić information content (AvgIpc) is 2.42. The smallest absolute Gasteiger partial charge is 0.316 e. The van der Waals surface area contributed by atoms with Crippen molar-refractivity contribution in [3.05, 3.63) is 58.9 Å². The lowest BCUT2D eigenvalue weighted by molar-refractivity contribution is 0.259. The minimum absolute atomic E-state index is 0.108. The van der Waals surface area contributed by atoms with Crippen LogP contribution in [0.25, 0.3) is 0 Å². The van der Waals surface area contributed by atoms with Crippen molar-refractivity contribution >= 4 is 29.0 Å². The number of carbonyl (C=O) groups excluding carboxylic acids is 1. The minimum atomic E-state index is -0.614. The van der Waals surface area contributed by atoms with Crippen LogP contribution in [0.5, 0.6) is 0 Å². The number of hydrogen-bond acceptors (Lipinski definition) is 2. The number of benzene rings is 2. The molecule has 21 heavy (non-hydrogen) atoms. The van der Waals surface area contributed by atoms with Gasteiger partial charge in [-0.1, -0.05) is 23.7 Å². The Kier molecular flexibility index (Phi) is 4.65. The van der Waals surface area contributed by atoms with Crippen LogP contribution in [0.3, 0.4) is 0 Å². The Balaban J connectivity index is 2.09. The summed E-state index contributed by atoms with van der Waals surface area (Å²) in [5.74, 6) is -0.402. The fraction of sp³-hybridized carbons (Fsp3) is 0.133. The zero-order chi connectivity index (χ0) is 15.4. The molecule has 4 nitrogen and oxygen atoms in total.